The van der Waals surface area contributed by atoms with Crippen LogP contribution in [0.25, 0.3) is 0 Å². The Balaban J connectivity index is 3.35. The summed E-state index contributed by atoms with van der Waals surface area (Å²) in [7, 11) is -2.78. The van der Waals surface area contributed by atoms with Crippen molar-refractivity contribution in [2.24, 2.45) is 0 Å². The van der Waals surface area contributed by atoms with Gasteiger partial charge in [0.1, 0.15) is 0 Å². The molecule has 0 spiro atoms. The van der Waals surface area contributed by atoms with Crippen LogP contribution in [0.5, 0.6) is 0 Å². The predicted octanol–water partition coefficient (Wildman–Crippen LogP) is 2.00. The van der Waals surface area contributed by atoms with Crippen LogP contribution in [0.2, 0.25) is 0 Å². The van der Waals surface area contributed by atoms with Crippen LogP contribution in [-0.2, 0) is 4.52 Å². The highest BCUT2D eigenvalue weighted by Gasteiger charge is 2.20. The van der Waals surface area contributed by atoms with E-state index in [4.69, 9.17) is 41.4 Å². The van der Waals surface area contributed by atoms with Gasteiger partial charge < -0.3 is 4.52 Å². The summed E-state index contributed by atoms with van der Waals surface area (Å²) in [6, 6.07) is 0. The molecule has 1 aliphatic rings. The van der Waals surface area contributed by atoms with Crippen molar-refractivity contribution in [2.75, 3.05) is 37.8 Å². The van der Waals surface area contributed by atoms with E-state index in [0.29, 0.717) is 4.67 Å². The van der Waals surface area contributed by atoms with Crippen LogP contribution >= 0.6 is 31.7 Å². The number of nitrogens with one attached hydrogen (secondary N) is 1. The summed E-state index contributed by atoms with van der Waals surface area (Å²) in [5.74, 6) is -1.46. The Kier molecular flexibility index (Phi) is 2.24. The van der Waals surface area contributed by atoms with E-state index in [0.717, 1.165) is 0 Å². The number of hydrogen-bond acceptors (Lipinski definition) is 3. The van der Waals surface area contributed by atoms with Gasteiger partial charge in [0.25, 0.3) is 0 Å². The Morgan fingerprint density at radius 2 is 2.23 bits per heavy atom. The van der Waals surface area contributed by atoms with Crippen LogP contribution in [0.4, 0.5) is 0 Å². The summed E-state index contributed by atoms with van der Waals surface area (Å²) in [6.45, 7) is -11.2. The summed E-state index contributed by atoms with van der Waals surface area (Å²) < 4.78 is 82.1. The molecule has 0 bridgehead atoms. The summed E-state index contributed by atoms with van der Waals surface area (Å²) in [6.07, 6.45) is -3.11. The van der Waals surface area contributed by atoms with Gasteiger partial charge in [-0.05, 0) is 6.37 Å². The van der Waals surface area contributed by atoms with E-state index in [1.54, 1.807) is 0 Å². The minimum absolute atomic E-state index is 0.375. The van der Waals surface area contributed by atoms with Crippen LogP contribution in [0.3, 0.4) is 0 Å². The van der Waals surface area contributed by atoms with Crippen LogP contribution < -0.4 is 5.09 Å². The number of halogens is 2. The fourth-order valence-electron chi connectivity index (χ4n) is 0.579. The second kappa shape index (κ2) is 7.22. The molecule has 1 rings (SSSR count). The van der Waals surface area contributed by atoms with Crippen LogP contribution in [0, 0.1) is 0 Å². The van der Waals surface area contributed by atoms with E-state index >= 15 is 0 Å². The van der Waals surface area contributed by atoms with Gasteiger partial charge >= 0.3 is 0 Å². The molecule has 13 heavy (non-hydrogen) atoms. The topological polar surface area (TPSA) is 24.5 Å². The second-order valence-corrected chi connectivity index (χ2v) is 3.61. The van der Waals surface area contributed by atoms with E-state index in [1.165, 1.54) is 0 Å². The average molecular weight is 255 g/mol. The Bertz CT molecular complexity index is 417. The van der Waals surface area contributed by atoms with Crippen molar-refractivity contribution in [2.45, 2.75) is 6.37 Å². The van der Waals surface area contributed by atoms with Crippen molar-refractivity contribution < 1.29 is 18.2 Å². The number of hydrogen-bond donors (Lipinski definition) is 1. The number of nitrogens with zero attached hydrogens (tertiary/aromatic N) is 1. The van der Waals surface area contributed by atoms with Gasteiger partial charge in [-0.15, -0.1) is 23.2 Å². The van der Waals surface area contributed by atoms with Gasteiger partial charge in [-0.3, -0.25) is 5.09 Å². The van der Waals surface area contributed by atoms with Gasteiger partial charge in [-0.2, -0.15) is 0 Å². The van der Waals surface area contributed by atoms with Crippen LogP contribution in [0.15, 0.2) is 0 Å². The smallest absolute Gasteiger partial charge is 0.185 e. The first-order valence-corrected chi connectivity index (χ1v) is 5.53. The summed E-state index contributed by atoms with van der Waals surface area (Å²) in [5.41, 5.74) is 0. The maximum atomic E-state index is 7.80. The molecule has 1 fully saturated rings. The fourth-order valence-corrected chi connectivity index (χ4v) is 1.89. The van der Waals surface area contributed by atoms with Gasteiger partial charge in [0.15, 0.2) is 8.45 Å². The molecule has 1 aliphatic heterocycles. The van der Waals surface area contributed by atoms with Crippen molar-refractivity contribution in [1.82, 2.24) is 9.76 Å². The molecular weight excluding hydrogens is 230 g/mol. The van der Waals surface area contributed by atoms with Crippen molar-refractivity contribution in [3.8, 4) is 0 Å². The highest BCUT2D eigenvalue weighted by atomic mass is 35.5. The Hall–Kier alpha value is 0.890. The number of rotatable bonds is 5. The summed E-state index contributed by atoms with van der Waals surface area (Å²) in [4.78, 5) is 0. The van der Waals surface area contributed by atoms with Gasteiger partial charge in [-0.1, -0.05) is 0 Å². The first kappa shape index (κ1) is 4.04. The molecule has 1 saturated heterocycles. The van der Waals surface area contributed by atoms with Gasteiger partial charge in [0.2, 0.25) is 0 Å². The van der Waals surface area contributed by atoms with E-state index < -0.39 is 52.6 Å². The van der Waals surface area contributed by atoms with E-state index in [9.17, 15) is 0 Å². The Morgan fingerprint density at radius 3 is 2.77 bits per heavy atom. The molecule has 0 aromatic rings. The lowest BCUT2D eigenvalue weighted by atomic mass is 10.5. The minimum atomic E-state index is -3.14. The molecule has 0 radical (unpaired) electrons. The van der Waals surface area contributed by atoms with E-state index in [2.05, 4.69) is 0 Å². The molecule has 0 aliphatic carbocycles. The standard InChI is InChI=1S/C7H15Cl2N2OP/c8-2-5-11(6-3-9)13-10-4-1-7-12-13/h10H,1-7H2/i1D2,4D2,5D2,6D2,7D2. The maximum absolute atomic E-state index is 7.80. The molecule has 0 aromatic carbocycles. The highest BCUT2D eigenvalue weighted by molar-refractivity contribution is 7.47. The lowest BCUT2D eigenvalue weighted by molar-refractivity contribution is 0.278. The zero-order valence-electron chi connectivity index (χ0n) is 16.5. The van der Waals surface area contributed by atoms with Gasteiger partial charge in [0, 0.05) is 42.2 Å². The van der Waals surface area contributed by atoms with Crippen molar-refractivity contribution >= 4 is 31.7 Å². The monoisotopic (exact) mass is 254 g/mol. The zero-order chi connectivity index (χ0) is 18.5. The molecule has 0 amide bonds. The lowest BCUT2D eigenvalue weighted by Crippen LogP contribution is -2.32. The molecule has 3 nitrogen and oxygen atoms in total. The summed E-state index contributed by atoms with van der Waals surface area (Å²) in [5, 5.41) is 2.01. The maximum Gasteiger partial charge on any atom is 0.185 e. The Labute approximate surface area is 105 Å². The molecule has 1 heterocycles. The molecule has 0 saturated carbocycles. The van der Waals surface area contributed by atoms with Crippen LogP contribution in [0.1, 0.15) is 20.1 Å². The zero-order valence-corrected chi connectivity index (χ0v) is 8.88. The first-order chi connectivity index (χ1) is 10.1. The van der Waals surface area contributed by atoms with Crippen molar-refractivity contribution in [3.63, 3.8) is 0 Å². The van der Waals surface area contributed by atoms with Crippen molar-refractivity contribution in [1.29, 1.82) is 0 Å². The quantitative estimate of drug-likeness (QED) is 0.600. The average Bonchev–Trinajstić information content (AvgIpc) is 2.35. The van der Waals surface area contributed by atoms with E-state index in [1.807, 2.05) is 5.09 Å². The van der Waals surface area contributed by atoms with Gasteiger partial charge in [0.05, 0.1) is 9.30 Å². The third-order valence-electron chi connectivity index (χ3n) is 0.998. The molecule has 6 heteroatoms. The summed E-state index contributed by atoms with van der Waals surface area (Å²) >= 11 is 11.0. The first-order valence-electron chi connectivity index (χ1n) is 8.25. The normalized spacial score (nSPS) is 49.0. The molecule has 1 N–H and O–H groups in total. The molecule has 78 valence electrons. The molecule has 1 unspecified atom stereocenters. The predicted molar refractivity (Wildman–Crippen MR) is 58.5 cm³/mol. The number of alkyl halides is 2. The van der Waals surface area contributed by atoms with Crippen LogP contribution in [-0.4, -0.2) is 42.5 Å². The fraction of sp³-hybridized carbons (Fsp3) is 1.00. The molecule has 0 aromatic heterocycles. The largest absolute Gasteiger partial charge is 0.331 e. The third-order valence-corrected chi connectivity index (χ3v) is 2.45. The third kappa shape index (κ3) is 4.28. The lowest BCUT2D eigenvalue weighted by Gasteiger charge is -2.32. The minimum Gasteiger partial charge on any atom is -0.331 e. The SMILES string of the molecule is [2H]C([2H])(CCl)N(P1NC([2H])([2H])C([2H])([2H])C([2H])([2H])O1)C([2H])([2H])CCl. The van der Waals surface area contributed by atoms with Gasteiger partial charge in [-0.25, -0.2) is 4.67 Å². The van der Waals surface area contributed by atoms with E-state index in [-0.39, 0.29) is 0 Å². The Morgan fingerprint density at radius 1 is 1.54 bits per heavy atom. The highest BCUT2D eigenvalue weighted by Crippen LogP contribution is 2.38. The van der Waals surface area contributed by atoms with Crippen molar-refractivity contribution in [3.05, 3.63) is 0 Å². The molecular formula is C7H15Cl2N2OP. The molecule has 1 atom stereocenters. The second-order valence-electron chi connectivity index (χ2n) is 1.72.